The number of benzene rings is 3. The van der Waals surface area contributed by atoms with Crippen molar-refractivity contribution < 1.29 is 28.9 Å². The van der Waals surface area contributed by atoms with E-state index in [0.29, 0.717) is 21.4 Å². The maximum atomic E-state index is 12.4. The van der Waals surface area contributed by atoms with Gasteiger partial charge in [-0.2, -0.15) is 0 Å². The zero-order valence-corrected chi connectivity index (χ0v) is 21.4. The van der Waals surface area contributed by atoms with Crippen LogP contribution in [0.15, 0.2) is 75.2 Å². The first-order valence-corrected chi connectivity index (χ1v) is 11.6. The van der Waals surface area contributed by atoms with Gasteiger partial charge in [0, 0.05) is 16.1 Å². The molecule has 36 heavy (non-hydrogen) atoms. The number of hydrogen-bond donors (Lipinski definition) is 0. The fourth-order valence-corrected chi connectivity index (χ4v) is 4.11. The van der Waals surface area contributed by atoms with Gasteiger partial charge >= 0.3 is 11.7 Å². The molecule has 182 valence electrons. The van der Waals surface area contributed by atoms with Crippen molar-refractivity contribution in [1.82, 2.24) is 0 Å². The number of esters is 1. The van der Waals surface area contributed by atoms with E-state index in [1.807, 2.05) is 24.3 Å². The molecule has 0 aromatic heterocycles. The lowest BCUT2D eigenvalue weighted by molar-refractivity contribution is -0.394. The third kappa shape index (κ3) is 5.29. The topological polar surface area (TPSA) is 131 Å². The van der Waals surface area contributed by atoms with Crippen LogP contribution < -0.4 is 9.47 Å². The number of nitrogens with zero attached hydrogens (tertiary/aromatic N) is 2. The van der Waals surface area contributed by atoms with Crippen LogP contribution in [0.1, 0.15) is 11.1 Å². The van der Waals surface area contributed by atoms with E-state index in [2.05, 4.69) is 31.9 Å². The molecule has 0 N–H and O–H groups in total. The Morgan fingerprint density at radius 3 is 2.31 bits per heavy atom. The number of hydrogen-bond acceptors (Lipinski definition) is 8. The third-order valence-corrected chi connectivity index (χ3v) is 6.11. The van der Waals surface area contributed by atoms with Gasteiger partial charge in [-0.15, -0.1) is 0 Å². The normalized spacial score (nSPS) is 13.8. The van der Waals surface area contributed by atoms with Crippen molar-refractivity contribution in [2.75, 3.05) is 7.11 Å². The van der Waals surface area contributed by atoms with Crippen LogP contribution >= 0.6 is 31.9 Å². The minimum atomic E-state index is -0.775. The summed E-state index contributed by atoms with van der Waals surface area (Å²) >= 11 is 6.73. The quantitative estimate of drug-likeness (QED) is 0.122. The van der Waals surface area contributed by atoms with Crippen LogP contribution in [0.2, 0.25) is 0 Å². The molecular weight excluding hydrogens is 604 g/mol. The minimum absolute atomic E-state index is 0.108. The maximum Gasteiger partial charge on any atom is 0.343 e. The van der Waals surface area contributed by atoms with Crippen molar-refractivity contribution in [3.8, 4) is 17.2 Å². The summed E-state index contributed by atoms with van der Waals surface area (Å²) in [4.78, 5) is 33.3. The Bertz CT molecular complexity index is 1470. The van der Waals surface area contributed by atoms with Crippen LogP contribution in [0.25, 0.3) is 11.8 Å². The van der Waals surface area contributed by atoms with Crippen LogP contribution in [0.5, 0.6) is 17.2 Å². The molecule has 3 aromatic rings. The fourth-order valence-electron chi connectivity index (χ4n) is 3.31. The van der Waals surface area contributed by atoms with Gasteiger partial charge in [-0.25, -0.2) is 4.79 Å². The lowest BCUT2D eigenvalue weighted by atomic mass is 10.1. The van der Waals surface area contributed by atoms with E-state index in [4.69, 9.17) is 14.2 Å². The van der Waals surface area contributed by atoms with Crippen LogP contribution in [0.4, 0.5) is 11.4 Å². The molecular formula is C24H14Br2N2O8. The standard InChI is InChI=1S/C24H14Br2N2O8/c1-34-22-10-13(8-15-11-21(36-24(15)29)14-2-4-16(25)5-3-14)9-18(26)23(22)35-20-7-6-17(27(30)31)12-19(20)28(32)33/h2-12H,1H3/b15-8+. The fraction of sp³-hybridized carbons (Fsp3) is 0.0417. The van der Waals surface area contributed by atoms with Gasteiger partial charge in [0.2, 0.25) is 5.75 Å². The molecule has 12 heteroatoms. The number of carbonyl (C=O) groups is 1. The Kier molecular flexibility index (Phi) is 7.17. The Balaban J connectivity index is 1.68. The summed E-state index contributed by atoms with van der Waals surface area (Å²) in [5, 5.41) is 22.4. The molecule has 4 rings (SSSR count). The van der Waals surface area contributed by atoms with Crippen molar-refractivity contribution >= 4 is 61.0 Å². The highest BCUT2D eigenvalue weighted by molar-refractivity contribution is 9.10. The van der Waals surface area contributed by atoms with Crippen molar-refractivity contribution in [1.29, 1.82) is 0 Å². The molecule has 1 heterocycles. The number of ether oxygens (including phenoxy) is 3. The molecule has 0 aliphatic carbocycles. The minimum Gasteiger partial charge on any atom is -0.493 e. The van der Waals surface area contributed by atoms with Crippen molar-refractivity contribution in [2.24, 2.45) is 0 Å². The second kappa shape index (κ2) is 10.3. The molecule has 0 atom stereocenters. The number of methoxy groups -OCH3 is 1. The highest BCUT2D eigenvalue weighted by Crippen LogP contribution is 2.43. The summed E-state index contributed by atoms with van der Waals surface area (Å²) in [5.41, 5.74) is 0.581. The summed E-state index contributed by atoms with van der Waals surface area (Å²) in [5.74, 6) is -0.0127. The predicted octanol–water partition coefficient (Wildman–Crippen LogP) is 6.81. The molecule has 0 saturated carbocycles. The van der Waals surface area contributed by atoms with Crippen LogP contribution in [-0.2, 0) is 9.53 Å². The smallest absolute Gasteiger partial charge is 0.343 e. The first kappa shape index (κ1) is 25.1. The van der Waals surface area contributed by atoms with Crippen LogP contribution in [-0.4, -0.2) is 22.9 Å². The SMILES string of the molecule is COc1cc(/C=C2\C=C(c3ccc(Br)cc3)OC2=O)cc(Br)c1Oc1ccc([N+](=O)[O-])cc1[N+](=O)[O-]. The summed E-state index contributed by atoms with van der Waals surface area (Å²) in [6, 6.07) is 13.6. The number of halogens is 2. The number of carbonyl (C=O) groups excluding carboxylic acids is 1. The molecule has 0 bridgehead atoms. The van der Waals surface area contributed by atoms with E-state index < -0.39 is 27.2 Å². The average molecular weight is 618 g/mol. The second-order valence-electron chi connectivity index (χ2n) is 7.31. The van der Waals surface area contributed by atoms with Gasteiger partial charge < -0.3 is 14.2 Å². The van der Waals surface area contributed by atoms with Crippen LogP contribution in [0, 0.1) is 20.2 Å². The number of nitro groups is 2. The van der Waals surface area contributed by atoms with E-state index in [1.54, 1.807) is 24.3 Å². The molecule has 0 amide bonds. The molecule has 10 nitrogen and oxygen atoms in total. The molecule has 0 saturated heterocycles. The van der Waals surface area contributed by atoms with E-state index >= 15 is 0 Å². The Morgan fingerprint density at radius 1 is 0.944 bits per heavy atom. The van der Waals surface area contributed by atoms with E-state index in [1.165, 1.54) is 7.11 Å². The monoisotopic (exact) mass is 616 g/mol. The number of rotatable bonds is 7. The largest absolute Gasteiger partial charge is 0.493 e. The highest BCUT2D eigenvalue weighted by atomic mass is 79.9. The third-order valence-electron chi connectivity index (χ3n) is 4.99. The molecule has 3 aromatic carbocycles. The van der Waals surface area contributed by atoms with Gasteiger partial charge in [-0.3, -0.25) is 20.2 Å². The zero-order valence-electron chi connectivity index (χ0n) is 18.3. The first-order chi connectivity index (χ1) is 17.2. The lowest BCUT2D eigenvalue weighted by Crippen LogP contribution is -1.99. The van der Waals surface area contributed by atoms with Gasteiger partial charge in [0.25, 0.3) is 5.69 Å². The van der Waals surface area contributed by atoms with Gasteiger partial charge in [0.1, 0.15) is 5.76 Å². The molecule has 1 aliphatic rings. The predicted molar refractivity (Wildman–Crippen MR) is 137 cm³/mol. The molecule has 1 aliphatic heterocycles. The number of nitro benzene ring substituents is 2. The Labute approximate surface area is 220 Å². The maximum absolute atomic E-state index is 12.4. The van der Waals surface area contributed by atoms with Gasteiger partial charge in [-0.05, 0) is 64.0 Å². The molecule has 0 unspecified atom stereocenters. The number of cyclic esters (lactones) is 1. The summed E-state index contributed by atoms with van der Waals surface area (Å²) in [6.45, 7) is 0. The summed E-state index contributed by atoms with van der Waals surface area (Å²) in [7, 11) is 1.38. The Morgan fingerprint density at radius 2 is 1.67 bits per heavy atom. The van der Waals surface area contributed by atoms with E-state index in [9.17, 15) is 25.0 Å². The summed E-state index contributed by atoms with van der Waals surface area (Å²) < 4.78 is 17.8. The number of non-ortho nitro benzene ring substituents is 1. The molecule has 0 spiro atoms. The van der Waals surface area contributed by atoms with Crippen LogP contribution in [0.3, 0.4) is 0 Å². The lowest BCUT2D eigenvalue weighted by Gasteiger charge is -2.13. The van der Waals surface area contributed by atoms with E-state index in [0.717, 1.165) is 28.2 Å². The van der Waals surface area contributed by atoms with Crippen molar-refractivity contribution in [2.45, 2.75) is 0 Å². The second-order valence-corrected chi connectivity index (χ2v) is 9.08. The zero-order chi connectivity index (χ0) is 26.0. The van der Waals surface area contributed by atoms with Gasteiger partial charge in [0.15, 0.2) is 11.5 Å². The van der Waals surface area contributed by atoms with Crippen molar-refractivity contribution in [3.63, 3.8) is 0 Å². The van der Waals surface area contributed by atoms with Crippen molar-refractivity contribution in [3.05, 3.63) is 107 Å². The first-order valence-electron chi connectivity index (χ1n) is 10.1. The average Bonchev–Trinajstić information content (AvgIpc) is 3.20. The molecule has 0 fully saturated rings. The Hall–Kier alpha value is -4.03. The van der Waals surface area contributed by atoms with Gasteiger partial charge in [0.05, 0.1) is 33.1 Å². The summed E-state index contributed by atoms with van der Waals surface area (Å²) in [6.07, 6.45) is 3.22. The van der Waals surface area contributed by atoms with Gasteiger partial charge in [-0.1, -0.05) is 28.1 Å². The van der Waals surface area contributed by atoms with E-state index in [-0.39, 0.29) is 17.2 Å². The molecule has 0 radical (unpaired) electrons. The highest BCUT2D eigenvalue weighted by Gasteiger charge is 2.25.